The Kier molecular flexibility index (Phi) is 4.61. The maximum Gasteiger partial charge on any atom is 0.407 e. The third kappa shape index (κ3) is 3.10. The summed E-state index contributed by atoms with van der Waals surface area (Å²) in [7, 11) is 1.36. The van der Waals surface area contributed by atoms with Crippen LogP contribution in [-0.4, -0.2) is 38.1 Å². The third-order valence-corrected chi connectivity index (χ3v) is 3.56. The molecule has 1 aliphatic rings. The molecule has 0 radical (unpaired) electrons. The molecule has 1 aliphatic heterocycles. The molecule has 5 nitrogen and oxygen atoms in total. The molecule has 0 aliphatic carbocycles. The van der Waals surface area contributed by atoms with E-state index in [-0.39, 0.29) is 11.8 Å². The average Bonchev–Trinajstić information content (AvgIpc) is 2.94. The Labute approximate surface area is 118 Å². The van der Waals surface area contributed by atoms with Crippen LogP contribution in [0.3, 0.4) is 0 Å². The molecular formula is C15H20N2O3. The summed E-state index contributed by atoms with van der Waals surface area (Å²) < 4.78 is 4.61. The Bertz CT molecular complexity index is 502. The van der Waals surface area contributed by atoms with Crippen molar-refractivity contribution in [2.75, 3.05) is 25.1 Å². The van der Waals surface area contributed by atoms with Gasteiger partial charge in [-0.15, -0.1) is 0 Å². The van der Waals surface area contributed by atoms with Gasteiger partial charge in [0.05, 0.1) is 13.2 Å². The van der Waals surface area contributed by atoms with E-state index in [1.165, 1.54) is 7.11 Å². The van der Waals surface area contributed by atoms with Crippen molar-refractivity contribution in [1.29, 1.82) is 0 Å². The van der Waals surface area contributed by atoms with Crippen LogP contribution in [0.2, 0.25) is 0 Å². The van der Waals surface area contributed by atoms with Crippen LogP contribution in [0, 0.1) is 0 Å². The molecule has 1 aromatic carbocycles. The van der Waals surface area contributed by atoms with E-state index >= 15 is 0 Å². The van der Waals surface area contributed by atoms with E-state index in [0.717, 1.165) is 24.2 Å². The number of rotatable bonds is 4. The number of benzene rings is 1. The van der Waals surface area contributed by atoms with E-state index in [9.17, 15) is 9.59 Å². The van der Waals surface area contributed by atoms with Gasteiger partial charge >= 0.3 is 6.09 Å². The lowest BCUT2D eigenvalue weighted by Crippen LogP contribution is -2.37. The minimum Gasteiger partial charge on any atom is -0.453 e. The first-order valence-electron chi connectivity index (χ1n) is 6.87. The number of methoxy groups -OCH3 is 1. The number of carbonyl (C=O) groups is 2. The summed E-state index contributed by atoms with van der Waals surface area (Å²) in [6.07, 6.45) is 0.938. The maximum atomic E-state index is 12.0. The first-order chi connectivity index (χ1) is 9.65. The molecule has 20 heavy (non-hydrogen) atoms. The largest absolute Gasteiger partial charge is 0.453 e. The molecule has 0 saturated carbocycles. The number of carbonyl (C=O) groups excluding carboxylic acids is 2. The van der Waals surface area contributed by atoms with Gasteiger partial charge in [-0.2, -0.15) is 0 Å². The van der Waals surface area contributed by atoms with Crippen LogP contribution in [0.5, 0.6) is 0 Å². The average molecular weight is 276 g/mol. The Morgan fingerprint density at radius 3 is 2.85 bits per heavy atom. The molecule has 0 bridgehead atoms. The van der Waals surface area contributed by atoms with E-state index in [4.69, 9.17) is 0 Å². The SMILES string of the molecule is CCC(=O)c1ccccc1N1CCC(NC(=O)OC)C1. The molecule has 1 amide bonds. The maximum absolute atomic E-state index is 12.0. The highest BCUT2D eigenvalue weighted by Gasteiger charge is 2.26. The second-order valence-electron chi connectivity index (χ2n) is 4.86. The minimum atomic E-state index is -0.408. The molecule has 1 saturated heterocycles. The summed E-state index contributed by atoms with van der Waals surface area (Å²) >= 11 is 0. The number of ketones is 1. The molecule has 0 spiro atoms. The van der Waals surface area contributed by atoms with Crippen molar-refractivity contribution >= 4 is 17.6 Å². The Morgan fingerprint density at radius 2 is 2.15 bits per heavy atom. The van der Waals surface area contributed by atoms with Crippen LogP contribution in [-0.2, 0) is 4.74 Å². The number of Topliss-reactive ketones (excluding diaryl/α,β-unsaturated/α-hetero) is 1. The first kappa shape index (κ1) is 14.4. The molecule has 1 N–H and O–H groups in total. The van der Waals surface area contributed by atoms with Gasteiger partial charge in [-0.05, 0) is 18.6 Å². The minimum absolute atomic E-state index is 0.0623. The van der Waals surface area contributed by atoms with Crippen molar-refractivity contribution < 1.29 is 14.3 Å². The van der Waals surface area contributed by atoms with Crippen LogP contribution in [0.4, 0.5) is 10.5 Å². The molecule has 1 aromatic rings. The summed E-state index contributed by atoms with van der Waals surface area (Å²) in [5, 5.41) is 2.80. The zero-order chi connectivity index (χ0) is 14.5. The van der Waals surface area contributed by atoms with Crippen molar-refractivity contribution in [3.63, 3.8) is 0 Å². The number of para-hydroxylation sites is 1. The molecule has 1 unspecified atom stereocenters. The molecule has 108 valence electrons. The van der Waals surface area contributed by atoms with Crippen LogP contribution < -0.4 is 10.2 Å². The predicted molar refractivity (Wildman–Crippen MR) is 77.2 cm³/mol. The fourth-order valence-electron chi connectivity index (χ4n) is 2.50. The number of anilines is 1. The van der Waals surface area contributed by atoms with Gasteiger partial charge in [-0.1, -0.05) is 19.1 Å². The summed E-state index contributed by atoms with van der Waals surface area (Å²) in [6.45, 7) is 3.39. The van der Waals surface area contributed by atoms with Crippen molar-refractivity contribution in [2.24, 2.45) is 0 Å². The number of hydrogen-bond donors (Lipinski definition) is 1. The van der Waals surface area contributed by atoms with Gasteiger partial charge in [0.2, 0.25) is 0 Å². The van der Waals surface area contributed by atoms with Gasteiger partial charge in [-0.3, -0.25) is 4.79 Å². The second-order valence-corrected chi connectivity index (χ2v) is 4.86. The number of ether oxygens (including phenoxy) is 1. The molecule has 0 aromatic heterocycles. The second kappa shape index (κ2) is 6.41. The molecular weight excluding hydrogens is 256 g/mol. The highest BCUT2D eigenvalue weighted by atomic mass is 16.5. The van der Waals surface area contributed by atoms with Crippen molar-refractivity contribution in [3.8, 4) is 0 Å². The molecule has 5 heteroatoms. The Balaban J connectivity index is 2.10. The molecule has 1 heterocycles. The first-order valence-corrected chi connectivity index (χ1v) is 6.87. The van der Waals surface area contributed by atoms with E-state index in [2.05, 4.69) is 15.0 Å². The number of nitrogens with one attached hydrogen (secondary N) is 1. The van der Waals surface area contributed by atoms with Crippen LogP contribution >= 0.6 is 0 Å². The van der Waals surface area contributed by atoms with Gasteiger partial charge in [0.1, 0.15) is 0 Å². The summed E-state index contributed by atoms with van der Waals surface area (Å²) in [5.74, 6) is 0.143. The van der Waals surface area contributed by atoms with Gasteiger partial charge in [0, 0.05) is 30.8 Å². The van der Waals surface area contributed by atoms with Crippen molar-refractivity contribution in [3.05, 3.63) is 29.8 Å². The lowest BCUT2D eigenvalue weighted by Gasteiger charge is -2.21. The quantitative estimate of drug-likeness (QED) is 0.857. The fraction of sp³-hybridized carbons (Fsp3) is 0.467. The normalized spacial score (nSPS) is 17.9. The Hall–Kier alpha value is -2.04. The smallest absolute Gasteiger partial charge is 0.407 e. The van der Waals surface area contributed by atoms with Crippen LogP contribution in [0.25, 0.3) is 0 Å². The number of hydrogen-bond acceptors (Lipinski definition) is 4. The monoisotopic (exact) mass is 276 g/mol. The van der Waals surface area contributed by atoms with Crippen LogP contribution in [0.1, 0.15) is 30.1 Å². The zero-order valence-corrected chi connectivity index (χ0v) is 11.9. The fourth-order valence-corrected chi connectivity index (χ4v) is 2.50. The van der Waals surface area contributed by atoms with Crippen molar-refractivity contribution in [1.82, 2.24) is 5.32 Å². The molecule has 1 atom stereocenters. The van der Waals surface area contributed by atoms with E-state index in [1.807, 2.05) is 31.2 Å². The third-order valence-electron chi connectivity index (χ3n) is 3.56. The van der Waals surface area contributed by atoms with Gasteiger partial charge in [0.15, 0.2) is 5.78 Å². The van der Waals surface area contributed by atoms with E-state index in [0.29, 0.717) is 13.0 Å². The lowest BCUT2D eigenvalue weighted by atomic mass is 10.1. The van der Waals surface area contributed by atoms with Gasteiger partial charge in [-0.25, -0.2) is 4.79 Å². The zero-order valence-electron chi connectivity index (χ0n) is 11.9. The molecule has 2 rings (SSSR count). The highest BCUT2D eigenvalue weighted by Crippen LogP contribution is 2.25. The summed E-state index contributed by atoms with van der Waals surface area (Å²) in [6, 6.07) is 7.70. The number of alkyl carbamates (subject to hydrolysis) is 1. The Morgan fingerprint density at radius 1 is 1.40 bits per heavy atom. The van der Waals surface area contributed by atoms with E-state index < -0.39 is 6.09 Å². The number of nitrogens with zero attached hydrogens (tertiary/aromatic N) is 1. The van der Waals surface area contributed by atoms with E-state index in [1.54, 1.807) is 0 Å². The highest BCUT2D eigenvalue weighted by molar-refractivity contribution is 6.01. The van der Waals surface area contributed by atoms with Crippen molar-refractivity contribution in [2.45, 2.75) is 25.8 Å². The topological polar surface area (TPSA) is 58.6 Å². The standard InChI is InChI=1S/C15H20N2O3/c1-3-14(18)12-6-4-5-7-13(12)17-9-8-11(10-17)16-15(19)20-2/h4-7,11H,3,8-10H2,1-2H3,(H,16,19). The summed E-state index contributed by atoms with van der Waals surface area (Å²) in [5.41, 5.74) is 1.71. The molecule has 1 fully saturated rings. The van der Waals surface area contributed by atoms with Gasteiger partial charge in [0.25, 0.3) is 0 Å². The predicted octanol–water partition coefficient (Wildman–Crippen LogP) is 2.21. The van der Waals surface area contributed by atoms with Gasteiger partial charge < -0.3 is 15.0 Å². The summed E-state index contributed by atoms with van der Waals surface area (Å²) in [4.78, 5) is 25.3. The lowest BCUT2D eigenvalue weighted by molar-refractivity contribution is 0.0988. The number of amides is 1. The van der Waals surface area contributed by atoms with Crippen LogP contribution in [0.15, 0.2) is 24.3 Å².